The van der Waals surface area contributed by atoms with Gasteiger partial charge in [-0.3, -0.25) is 0 Å². The summed E-state index contributed by atoms with van der Waals surface area (Å²) in [4.78, 5) is 12.1. The molecule has 0 aromatic carbocycles. The van der Waals surface area contributed by atoms with Crippen LogP contribution in [-0.4, -0.2) is 15.0 Å². The first-order valence-corrected chi connectivity index (χ1v) is 7.01. The second-order valence-corrected chi connectivity index (χ2v) is 3.88. The van der Waals surface area contributed by atoms with Crippen LogP contribution in [0.4, 0.5) is 0 Å². The zero-order chi connectivity index (χ0) is 15.3. The molecule has 0 radical (unpaired) electrons. The number of hydrogen-bond donors (Lipinski definition) is 0. The fourth-order valence-corrected chi connectivity index (χ4v) is 1.09. The number of aromatic nitrogens is 3. The first kappa shape index (κ1) is 16.7. The van der Waals surface area contributed by atoms with Gasteiger partial charge in [0.05, 0.1) is 18.8 Å². The Morgan fingerprint density at radius 2 is 0.905 bits per heavy atom. The van der Waals surface area contributed by atoms with E-state index in [1.54, 1.807) is 0 Å². The lowest BCUT2D eigenvalue weighted by atomic mass is 10.5. The average molecular weight is 291 g/mol. The van der Waals surface area contributed by atoms with Gasteiger partial charge in [0.1, 0.15) is 0 Å². The van der Waals surface area contributed by atoms with Gasteiger partial charge in [0, 0.05) is 0 Å². The van der Waals surface area contributed by atoms with E-state index in [1.165, 1.54) is 18.8 Å². The fourth-order valence-electron chi connectivity index (χ4n) is 1.09. The van der Waals surface area contributed by atoms with Crippen LogP contribution in [0.25, 0.3) is 0 Å². The molecule has 0 unspecified atom stereocenters. The average Bonchev–Trinajstić information content (AvgIpc) is 2.48. The largest absolute Gasteiger partial charge is 0.432 e. The van der Waals surface area contributed by atoms with Crippen LogP contribution in [0, 0.1) is 0 Å². The van der Waals surface area contributed by atoms with E-state index < -0.39 is 0 Å². The van der Waals surface area contributed by atoms with E-state index in [0.717, 1.165) is 19.3 Å². The molecule has 0 spiro atoms. The molecule has 6 heteroatoms. The van der Waals surface area contributed by atoms with Crippen LogP contribution in [0.15, 0.2) is 37.0 Å². The standard InChI is InChI=1S/C15H21N3O3/c1-4-7-10-19-13-16-14(20-11-8-5-2)18-15(17-13)21-12-9-6-3/h7-12H,4-6H2,1-3H3/b10-7+,11-8+,12-9+. The zero-order valence-corrected chi connectivity index (χ0v) is 12.7. The molecule has 0 aliphatic carbocycles. The van der Waals surface area contributed by atoms with Gasteiger partial charge in [-0.1, -0.05) is 20.8 Å². The molecule has 21 heavy (non-hydrogen) atoms. The molecule has 0 bridgehead atoms. The van der Waals surface area contributed by atoms with E-state index in [9.17, 15) is 0 Å². The van der Waals surface area contributed by atoms with Crippen molar-refractivity contribution in [2.24, 2.45) is 0 Å². The maximum atomic E-state index is 5.29. The minimum Gasteiger partial charge on any atom is -0.432 e. The van der Waals surface area contributed by atoms with Crippen LogP contribution >= 0.6 is 0 Å². The van der Waals surface area contributed by atoms with Crippen LogP contribution in [0.1, 0.15) is 40.0 Å². The van der Waals surface area contributed by atoms with Crippen molar-refractivity contribution in [2.75, 3.05) is 0 Å². The van der Waals surface area contributed by atoms with Gasteiger partial charge in [0.2, 0.25) is 0 Å². The summed E-state index contributed by atoms with van der Waals surface area (Å²) in [5, 5.41) is 0. The Morgan fingerprint density at radius 3 is 1.14 bits per heavy atom. The maximum Gasteiger partial charge on any atom is 0.330 e. The quantitative estimate of drug-likeness (QED) is 0.645. The highest BCUT2D eigenvalue weighted by molar-refractivity contribution is 5.11. The van der Waals surface area contributed by atoms with E-state index in [4.69, 9.17) is 14.2 Å². The molecule has 0 saturated heterocycles. The highest BCUT2D eigenvalue weighted by atomic mass is 16.5. The first-order valence-electron chi connectivity index (χ1n) is 7.01. The Kier molecular flexibility index (Phi) is 8.28. The predicted molar refractivity (Wildman–Crippen MR) is 80.0 cm³/mol. The molecule has 114 valence electrons. The molecule has 6 nitrogen and oxygen atoms in total. The SMILES string of the molecule is CC/C=C/Oc1nc(O/C=C/CC)nc(O/C=C/CC)n1. The molecule has 0 saturated carbocycles. The smallest absolute Gasteiger partial charge is 0.330 e. The van der Waals surface area contributed by atoms with Crippen molar-refractivity contribution >= 4 is 0 Å². The molecule has 1 aromatic heterocycles. The van der Waals surface area contributed by atoms with Gasteiger partial charge in [-0.15, -0.1) is 15.0 Å². The summed E-state index contributed by atoms with van der Waals surface area (Å²) in [5.74, 6) is 0. The lowest BCUT2D eigenvalue weighted by molar-refractivity contribution is 0.358. The minimum absolute atomic E-state index is 0.120. The molecule has 1 aromatic rings. The van der Waals surface area contributed by atoms with Crippen LogP contribution < -0.4 is 14.2 Å². The Hall–Kier alpha value is -2.37. The topological polar surface area (TPSA) is 66.4 Å². The maximum absolute atomic E-state index is 5.29. The number of nitrogens with zero attached hydrogens (tertiary/aromatic N) is 3. The molecule has 0 N–H and O–H groups in total. The predicted octanol–water partition coefficient (Wildman–Crippen LogP) is 3.78. The van der Waals surface area contributed by atoms with Crippen molar-refractivity contribution in [3.8, 4) is 18.0 Å². The minimum atomic E-state index is 0.120. The molecule has 1 heterocycles. The fraction of sp³-hybridized carbons (Fsp3) is 0.400. The Bertz CT molecular complexity index is 415. The normalized spacial score (nSPS) is 11.6. The summed E-state index contributed by atoms with van der Waals surface area (Å²) in [6.45, 7) is 6.00. The van der Waals surface area contributed by atoms with Crippen LogP contribution in [0.2, 0.25) is 0 Å². The van der Waals surface area contributed by atoms with E-state index in [-0.39, 0.29) is 18.0 Å². The summed E-state index contributed by atoms with van der Waals surface area (Å²) in [5.41, 5.74) is 0. The first-order chi connectivity index (χ1) is 10.3. The summed E-state index contributed by atoms with van der Waals surface area (Å²) in [6.07, 6.45) is 12.7. The Labute approximate surface area is 125 Å². The highest BCUT2D eigenvalue weighted by Gasteiger charge is 2.08. The van der Waals surface area contributed by atoms with E-state index in [1.807, 2.05) is 39.0 Å². The highest BCUT2D eigenvalue weighted by Crippen LogP contribution is 2.15. The molecule has 0 aliphatic heterocycles. The third kappa shape index (κ3) is 7.10. The van der Waals surface area contributed by atoms with E-state index in [2.05, 4.69) is 15.0 Å². The third-order valence-corrected chi connectivity index (χ3v) is 2.09. The molecule has 1 rings (SSSR count). The Morgan fingerprint density at radius 1 is 0.619 bits per heavy atom. The van der Waals surface area contributed by atoms with Gasteiger partial charge in [-0.25, -0.2) is 0 Å². The van der Waals surface area contributed by atoms with Crippen LogP contribution in [0.3, 0.4) is 0 Å². The second kappa shape index (κ2) is 10.4. The van der Waals surface area contributed by atoms with Crippen molar-refractivity contribution in [1.29, 1.82) is 0 Å². The van der Waals surface area contributed by atoms with Gasteiger partial charge in [0.25, 0.3) is 0 Å². The van der Waals surface area contributed by atoms with Crippen LogP contribution in [0.5, 0.6) is 18.0 Å². The lowest BCUT2D eigenvalue weighted by Crippen LogP contribution is -2.00. The van der Waals surface area contributed by atoms with Crippen molar-refractivity contribution in [3.05, 3.63) is 37.0 Å². The molecule has 0 atom stereocenters. The second-order valence-electron chi connectivity index (χ2n) is 3.88. The summed E-state index contributed by atoms with van der Waals surface area (Å²) < 4.78 is 15.9. The van der Waals surface area contributed by atoms with Crippen molar-refractivity contribution in [2.45, 2.75) is 40.0 Å². The molecular formula is C15H21N3O3. The van der Waals surface area contributed by atoms with Gasteiger partial charge in [0.15, 0.2) is 0 Å². The van der Waals surface area contributed by atoms with Gasteiger partial charge in [-0.05, 0) is 37.5 Å². The lowest BCUT2D eigenvalue weighted by Gasteiger charge is -2.04. The van der Waals surface area contributed by atoms with E-state index >= 15 is 0 Å². The van der Waals surface area contributed by atoms with E-state index in [0.29, 0.717) is 0 Å². The van der Waals surface area contributed by atoms with Crippen molar-refractivity contribution in [3.63, 3.8) is 0 Å². The Balaban J connectivity index is 2.86. The van der Waals surface area contributed by atoms with Gasteiger partial charge < -0.3 is 14.2 Å². The molecule has 0 fully saturated rings. The zero-order valence-electron chi connectivity index (χ0n) is 12.7. The molecular weight excluding hydrogens is 270 g/mol. The molecule has 0 aliphatic rings. The number of allylic oxidation sites excluding steroid dienone is 3. The van der Waals surface area contributed by atoms with Crippen LogP contribution in [-0.2, 0) is 0 Å². The number of hydrogen-bond acceptors (Lipinski definition) is 6. The molecule has 0 amide bonds. The van der Waals surface area contributed by atoms with Crippen molar-refractivity contribution < 1.29 is 14.2 Å². The monoisotopic (exact) mass is 291 g/mol. The number of rotatable bonds is 9. The summed E-state index contributed by atoms with van der Waals surface area (Å²) >= 11 is 0. The summed E-state index contributed by atoms with van der Waals surface area (Å²) in [6, 6.07) is 0.360. The van der Waals surface area contributed by atoms with Crippen molar-refractivity contribution in [1.82, 2.24) is 15.0 Å². The third-order valence-electron chi connectivity index (χ3n) is 2.09. The number of ether oxygens (including phenoxy) is 3. The summed E-state index contributed by atoms with van der Waals surface area (Å²) in [7, 11) is 0. The van der Waals surface area contributed by atoms with Gasteiger partial charge in [-0.2, -0.15) is 0 Å². The van der Waals surface area contributed by atoms with Gasteiger partial charge >= 0.3 is 18.0 Å².